The van der Waals surface area contributed by atoms with Crippen LogP contribution in [0.3, 0.4) is 0 Å². The highest BCUT2D eigenvalue weighted by molar-refractivity contribution is 5.89. The van der Waals surface area contributed by atoms with Gasteiger partial charge in [-0.05, 0) is 31.9 Å². The van der Waals surface area contributed by atoms with Crippen LogP contribution in [0.25, 0.3) is 0 Å². The second-order valence-corrected chi connectivity index (χ2v) is 6.77. The van der Waals surface area contributed by atoms with Crippen LogP contribution in [0.1, 0.15) is 44.0 Å². The molecule has 0 heterocycles. The number of nitrogens with one attached hydrogen (secondary N) is 1. The molecule has 25 heavy (non-hydrogen) atoms. The Hall–Kier alpha value is -2.66. The third-order valence-corrected chi connectivity index (χ3v) is 3.50. The third-order valence-electron chi connectivity index (χ3n) is 3.50. The first-order valence-electron chi connectivity index (χ1n) is 8.16. The van der Waals surface area contributed by atoms with Gasteiger partial charge >= 0.3 is 5.97 Å². The molecule has 0 radical (unpaired) electrons. The lowest BCUT2D eigenvalue weighted by atomic mass is 10.0. The molecule has 0 saturated heterocycles. The zero-order chi connectivity index (χ0) is 18.4. The average molecular weight is 340 g/mol. The lowest BCUT2D eigenvalue weighted by Crippen LogP contribution is -2.42. The Morgan fingerprint density at radius 2 is 1.40 bits per heavy atom. The number of amides is 1. The van der Waals surface area contributed by atoms with Crippen molar-refractivity contribution in [3.8, 4) is 0 Å². The van der Waals surface area contributed by atoms with E-state index in [1.54, 1.807) is 57.2 Å². The van der Waals surface area contributed by atoms with Gasteiger partial charge in [0.1, 0.15) is 11.6 Å². The van der Waals surface area contributed by atoms with E-state index in [1.807, 2.05) is 24.3 Å². The summed E-state index contributed by atoms with van der Waals surface area (Å²) in [7, 11) is 0. The van der Waals surface area contributed by atoms with E-state index in [4.69, 9.17) is 10.5 Å². The number of carbonyl (C=O) groups is 2. The minimum Gasteiger partial charge on any atom is -0.458 e. The minimum absolute atomic E-state index is 0.439. The first-order chi connectivity index (χ1) is 11.8. The fourth-order valence-corrected chi connectivity index (χ4v) is 2.33. The smallest absolute Gasteiger partial charge is 0.333 e. The fraction of sp³-hybridized carbons (Fsp3) is 0.300. The van der Waals surface area contributed by atoms with Crippen LogP contribution in [-0.2, 0) is 14.3 Å². The van der Waals surface area contributed by atoms with Gasteiger partial charge in [0.05, 0.1) is 0 Å². The van der Waals surface area contributed by atoms with E-state index in [2.05, 4.69) is 5.32 Å². The molecule has 5 nitrogen and oxygen atoms in total. The molecule has 0 aromatic heterocycles. The van der Waals surface area contributed by atoms with Gasteiger partial charge in [0.2, 0.25) is 5.91 Å². The maximum atomic E-state index is 12.6. The zero-order valence-corrected chi connectivity index (χ0v) is 14.7. The molecular weight excluding hydrogens is 316 g/mol. The van der Waals surface area contributed by atoms with Gasteiger partial charge in [-0.25, -0.2) is 4.79 Å². The highest BCUT2D eigenvalue weighted by Crippen LogP contribution is 2.20. The predicted octanol–water partition coefficient (Wildman–Crippen LogP) is 2.89. The molecule has 0 aliphatic heterocycles. The lowest BCUT2D eigenvalue weighted by molar-refractivity contribution is -0.159. The molecule has 5 heteroatoms. The van der Waals surface area contributed by atoms with Crippen LogP contribution in [0.4, 0.5) is 0 Å². The van der Waals surface area contributed by atoms with Crippen LogP contribution in [0.15, 0.2) is 60.7 Å². The highest BCUT2D eigenvalue weighted by Gasteiger charge is 2.29. The van der Waals surface area contributed by atoms with Gasteiger partial charge in [-0.3, -0.25) is 4.79 Å². The van der Waals surface area contributed by atoms with Gasteiger partial charge in [-0.15, -0.1) is 0 Å². The van der Waals surface area contributed by atoms with Gasteiger partial charge in [0.25, 0.3) is 0 Å². The van der Waals surface area contributed by atoms with E-state index in [-0.39, 0.29) is 0 Å². The Balaban J connectivity index is 2.21. The number of hydrogen-bond donors (Lipinski definition) is 2. The zero-order valence-electron chi connectivity index (χ0n) is 14.7. The van der Waals surface area contributed by atoms with Crippen molar-refractivity contribution in [1.82, 2.24) is 5.32 Å². The molecule has 132 valence electrons. The Labute approximate surface area is 148 Å². The predicted molar refractivity (Wildman–Crippen MR) is 96.5 cm³/mol. The Bertz CT molecular complexity index is 709. The van der Waals surface area contributed by atoms with Gasteiger partial charge in [-0.2, -0.15) is 0 Å². The number of esters is 1. The molecule has 0 aliphatic rings. The first kappa shape index (κ1) is 18.7. The van der Waals surface area contributed by atoms with E-state index in [0.29, 0.717) is 11.1 Å². The molecule has 0 saturated carbocycles. The van der Waals surface area contributed by atoms with Crippen LogP contribution in [0.2, 0.25) is 0 Å². The first-order valence-corrected chi connectivity index (χ1v) is 8.16. The van der Waals surface area contributed by atoms with Gasteiger partial charge in [0.15, 0.2) is 6.04 Å². The summed E-state index contributed by atoms with van der Waals surface area (Å²) in [5, 5.41) is 2.72. The molecule has 3 N–H and O–H groups in total. The molecule has 2 rings (SSSR count). The van der Waals surface area contributed by atoms with Crippen molar-refractivity contribution in [1.29, 1.82) is 0 Å². The quantitative estimate of drug-likeness (QED) is 0.820. The largest absolute Gasteiger partial charge is 0.458 e. The van der Waals surface area contributed by atoms with Gasteiger partial charge in [0, 0.05) is 0 Å². The fourth-order valence-electron chi connectivity index (χ4n) is 2.33. The van der Waals surface area contributed by atoms with Crippen molar-refractivity contribution in [3.63, 3.8) is 0 Å². The van der Waals surface area contributed by atoms with Crippen LogP contribution in [-0.4, -0.2) is 17.5 Å². The van der Waals surface area contributed by atoms with E-state index >= 15 is 0 Å². The van der Waals surface area contributed by atoms with Crippen molar-refractivity contribution < 1.29 is 14.3 Å². The van der Waals surface area contributed by atoms with Crippen molar-refractivity contribution >= 4 is 11.9 Å². The van der Waals surface area contributed by atoms with Gasteiger partial charge < -0.3 is 15.8 Å². The molecular formula is C20H24N2O3. The van der Waals surface area contributed by atoms with E-state index < -0.39 is 29.6 Å². The van der Waals surface area contributed by atoms with Crippen LogP contribution in [0.5, 0.6) is 0 Å². The number of ether oxygens (including phenoxy) is 1. The van der Waals surface area contributed by atoms with Crippen molar-refractivity contribution in [2.45, 2.75) is 38.5 Å². The summed E-state index contributed by atoms with van der Waals surface area (Å²) in [5.41, 5.74) is 6.69. The minimum atomic E-state index is -0.914. The number of nitrogens with two attached hydrogens (primary N) is 1. The van der Waals surface area contributed by atoms with E-state index in [9.17, 15) is 9.59 Å². The lowest BCUT2D eigenvalue weighted by Gasteiger charge is -2.25. The van der Waals surface area contributed by atoms with Crippen molar-refractivity contribution in [3.05, 3.63) is 71.8 Å². The number of hydrogen-bond acceptors (Lipinski definition) is 4. The second kappa shape index (κ2) is 7.94. The Kier molecular flexibility index (Phi) is 5.93. The Morgan fingerprint density at radius 1 is 0.920 bits per heavy atom. The molecule has 0 bridgehead atoms. The molecule has 0 fully saturated rings. The highest BCUT2D eigenvalue weighted by atomic mass is 16.6. The summed E-state index contributed by atoms with van der Waals surface area (Å²) >= 11 is 0. The van der Waals surface area contributed by atoms with Crippen molar-refractivity contribution in [2.24, 2.45) is 5.73 Å². The maximum absolute atomic E-state index is 12.6. The van der Waals surface area contributed by atoms with E-state index in [1.165, 1.54) is 0 Å². The summed E-state index contributed by atoms with van der Waals surface area (Å²) in [4.78, 5) is 25.1. The number of benzene rings is 2. The van der Waals surface area contributed by atoms with Crippen LogP contribution >= 0.6 is 0 Å². The average Bonchev–Trinajstić information content (AvgIpc) is 2.58. The monoisotopic (exact) mass is 340 g/mol. The summed E-state index contributed by atoms with van der Waals surface area (Å²) < 4.78 is 5.45. The van der Waals surface area contributed by atoms with E-state index in [0.717, 1.165) is 0 Å². The van der Waals surface area contributed by atoms with Crippen LogP contribution in [0, 0.1) is 0 Å². The molecule has 2 atom stereocenters. The summed E-state index contributed by atoms with van der Waals surface area (Å²) in [5.74, 6) is -0.960. The molecule has 2 aromatic rings. The number of carbonyl (C=O) groups excluding carboxylic acids is 2. The third kappa shape index (κ3) is 5.43. The van der Waals surface area contributed by atoms with Crippen LogP contribution < -0.4 is 11.1 Å². The molecule has 0 spiro atoms. The summed E-state index contributed by atoms with van der Waals surface area (Å²) in [6.07, 6.45) is 0. The maximum Gasteiger partial charge on any atom is 0.333 e. The molecule has 1 amide bonds. The Morgan fingerprint density at radius 3 is 1.88 bits per heavy atom. The molecule has 0 unspecified atom stereocenters. The number of rotatable bonds is 5. The summed E-state index contributed by atoms with van der Waals surface area (Å²) in [6.45, 7) is 5.35. The topological polar surface area (TPSA) is 81.4 Å². The normalized spacial score (nSPS) is 13.6. The standard InChI is InChI=1S/C20H24N2O3/c1-20(2,3)25-19(24)17(15-12-8-5-9-13-15)22-18(23)16(21)14-10-6-4-7-11-14/h4-13,16-17H,21H2,1-3H3,(H,22,23)/t16-,17-/m0/s1. The van der Waals surface area contributed by atoms with Crippen molar-refractivity contribution in [2.75, 3.05) is 0 Å². The SMILES string of the molecule is CC(C)(C)OC(=O)[C@@H](NC(=O)[C@@H](N)c1ccccc1)c1ccccc1. The van der Waals surface area contributed by atoms with Gasteiger partial charge in [-0.1, -0.05) is 60.7 Å². The molecule has 2 aromatic carbocycles. The second-order valence-electron chi connectivity index (χ2n) is 6.77. The summed E-state index contributed by atoms with van der Waals surface area (Å²) in [6, 6.07) is 16.2. The molecule has 0 aliphatic carbocycles.